The summed E-state index contributed by atoms with van der Waals surface area (Å²) in [6.45, 7) is 6.90. The van der Waals surface area contributed by atoms with E-state index in [2.05, 4.69) is 77.6 Å². The summed E-state index contributed by atoms with van der Waals surface area (Å²) in [6.07, 6.45) is 7.22. The fourth-order valence-electron chi connectivity index (χ4n) is 4.53. The van der Waals surface area contributed by atoms with Gasteiger partial charge in [0.2, 0.25) is 0 Å². The number of carbonyl (C=O) groups is 1. The van der Waals surface area contributed by atoms with Crippen molar-refractivity contribution >= 4 is 60.5 Å². The normalized spacial score (nSPS) is 15.2. The molecule has 1 aromatic heterocycles. The number of hydrogen-bond donors (Lipinski definition) is 0. The van der Waals surface area contributed by atoms with Crippen LogP contribution in [0, 0.1) is 0 Å². The Morgan fingerprint density at radius 1 is 1.18 bits per heavy atom. The zero-order valence-electron chi connectivity index (χ0n) is 19.8. The van der Waals surface area contributed by atoms with Gasteiger partial charge in [-0.15, -0.1) is 11.8 Å². The average molecular weight is 473 g/mol. The second-order valence-electron chi connectivity index (χ2n) is 8.31. The summed E-state index contributed by atoms with van der Waals surface area (Å²) >= 11 is 1.90. The quantitative estimate of drug-likeness (QED) is 0.232. The van der Waals surface area contributed by atoms with Gasteiger partial charge >= 0.3 is 0 Å². The van der Waals surface area contributed by atoms with Gasteiger partial charge in [0.1, 0.15) is 5.52 Å². The number of nitrogens with zero attached hydrogens (tertiary/aromatic N) is 3. The Labute approximate surface area is 206 Å². The van der Waals surface area contributed by atoms with Crippen molar-refractivity contribution < 1.29 is 14.2 Å². The van der Waals surface area contributed by atoms with Crippen molar-refractivity contribution in [3.63, 3.8) is 0 Å². The lowest BCUT2D eigenvalue weighted by molar-refractivity contribution is -0.140. The van der Waals surface area contributed by atoms with Crippen LogP contribution in [0.5, 0.6) is 0 Å². The molecule has 34 heavy (non-hydrogen) atoms. The third-order valence-electron chi connectivity index (χ3n) is 6.31. The van der Waals surface area contributed by atoms with Gasteiger partial charge in [-0.2, -0.15) is 0 Å². The molecule has 0 bridgehead atoms. The molecule has 2 aromatic carbocycles. The number of esters is 1. The first kappa shape index (κ1) is 24.5. The van der Waals surface area contributed by atoms with E-state index in [4.69, 9.17) is 17.2 Å². The van der Waals surface area contributed by atoms with Gasteiger partial charge in [0.25, 0.3) is 5.97 Å². The summed E-state index contributed by atoms with van der Waals surface area (Å²) in [7, 11) is 5.30. The van der Waals surface area contributed by atoms with E-state index < -0.39 is 0 Å². The second kappa shape index (κ2) is 11.6. The SMILES string of the molecule is [B]CC(=O)OCCCCB1c2ccccc2SC1/C=C/c1ccc(N(CC)CC)c2nonc12. The van der Waals surface area contributed by atoms with E-state index in [9.17, 15) is 4.79 Å². The van der Waals surface area contributed by atoms with Crippen LogP contribution in [0.2, 0.25) is 12.6 Å². The maximum absolute atomic E-state index is 11.3. The fourth-order valence-corrected chi connectivity index (χ4v) is 5.94. The number of benzene rings is 2. The highest BCUT2D eigenvalue weighted by molar-refractivity contribution is 8.02. The highest BCUT2D eigenvalue weighted by Gasteiger charge is 2.34. The Hall–Kier alpha value is -2.67. The number of anilines is 1. The first-order chi connectivity index (χ1) is 16.7. The molecule has 1 unspecified atom stereocenters. The summed E-state index contributed by atoms with van der Waals surface area (Å²) in [5.74, 6) is -0.344. The van der Waals surface area contributed by atoms with Crippen molar-refractivity contribution in [2.24, 2.45) is 0 Å². The molecule has 0 saturated heterocycles. The molecule has 9 heteroatoms. The molecule has 1 aliphatic rings. The molecule has 4 rings (SSSR count). The van der Waals surface area contributed by atoms with Crippen molar-refractivity contribution in [1.82, 2.24) is 10.3 Å². The van der Waals surface area contributed by atoms with Crippen molar-refractivity contribution in [2.45, 2.75) is 49.4 Å². The molecule has 0 N–H and O–H groups in total. The zero-order chi connectivity index (χ0) is 23.9. The van der Waals surface area contributed by atoms with Crippen LogP contribution in [-0.4, -0.2) is 55.7 Å². The number of hydrogen-bond acceptors (Lipinski definition) is 7. The van der Waals surface area contributed by atoms with Gasteiger partial charge in [-0.05, 0) is 42.7 Å². The summed E-state index contributed by atoms with van der Waals surface area (Å²) in [6, 6.07) is 12.8. The van der Waals surface area contributed by atoms with Crippen LogP contribution in [0.3, 0.4) is 0 Å². The molecule has 2 heterocycles. The number of ether oxygens (including phenoxy) is 1. The summed E-state index contributed by atoms with van der Waals surface area (Å²) in [4.78, 5) is 14.8. The Kier molecular flexibility index (Phi) is 8.38. The van der Waals surface area contributed by atoms with Crippen LogP contribution in [0.15, 0.2) is 52.0 Å². The molecule has 0 saturated carbocycles. The first-order valence-electron chi connectivity index (χ1n) is 12.0. The molecule has 6 nitrogen and oxygen atoms in total. The number of thioether (sulfide) groups is 1. The molecule has 0 spiro atoms. The van der Waals surface area contributed by atoms with E-state index >= 15 is 0 Å². The van der Waals surface area contributed by atoms with E-state index in [1.807, 2.05) is 11.8 Å². The lowest BCUT2D eigenvalue weighted by Crippen LogP contribution is -2.34. The lowest BCUT2D eigenvalue weighted by Gasteiger charge is -2.21. The predicted octanol–water partition coefficient (Wildman–Crippen LogP) is 4.41. The maximum Gasteiger partial charge on any atom is 0.296 e. The molecule has 1 aliphatic heterocycles. The minimum absolute atomic E-state index is 0.0658. The van der Waals surface area contributed by atoms with Crippen LogP contribution >= 0.6 is 11.8 Å². The monoisotopic (exact) mass is 473 g/mol. The molecule has 0 fully saturated rings. The molecule has 1 atom stereocenters. The van der Waals surface area contributed by atoms with Gasteiger partial charge in [0.05, 0.1) is 20.1 Å². The van der Waals surface area contributed by atoms with Crippen molar-refractivity contribution in [1.29, 1.82) is 0 Å². The van der Waals surface area contributed by atoms with Crippen molar-refractivity contribution in [2.75, 3.05) is 24.6 Å². The number of unbranched alkanes of at least 4 members (excludes halogenated alkanes) is 1. The van der Waals surface area contributed by atoms with Crippen molar-refractivity contribution in [3.8, 4) is 0 Å². The third-order valence-corrected chi connectivity index (χ3v) is 7.70. The Morgan fingerprint density at radius 3 is 2.76 bits per heavy atom. The Morgan fingerprint density at radius 2 is 1.97 bits per heavy atom. The lowest BCUT2D eigenvalue weighted by atomic mass is 9.40. The van der Waals surface area contributed by atoms with Gasteiger partial charge in [-0.25, -0.2) is 4.63 Å². The number of carbonyl (C=O) groups excluding carboxylic acids is 1. The largest absolute Gasteiger partial charge is 0.466 e. The highest BCUT2D eigenvalue weighted by Crippen LogP contribution is 2.35. The van der Waals surface area contributed by atoms with Crippen LogP contribution in [0.4, 0.5) is 5.69 Å². The van der Waals surface area contributed by atoms with Crippen LogP contribution in [-0.2, 0) is 9.53 Å². The standard InChI is InChI=1S/C25H29B2N3O3S/c1-3-30(4-2)20-13-11-18(24-25(20)29-33-28-24)12-14-22-27(15-7-8-16-32-23(31)17-26)19-9-5-6-10-21(19)34-22/h5-6,9-14,22H,3-4,7-8,15-17H2,1-2H3/b14-12+. The summed E-state index contributed by atoms with van der Waals surface area (Å²) in [5.41, 5.74) is 5.05. The van der Waals surface area contributed by atoms with Gasteiger partial charge in [-0.1, -0.05) is 54.6 Å². The maximum atomic E-state index is 11.3. The average Bonchev–Trinajstić information content (AvgIpc) is 3.49. The van der Waals surface area contributed by atoms with E-state index in [1.165, 1.54) is 10.4 Å². The van der Waals surface area contributed by atoms with E-state index in [0.29, 0.717) is 18.5 Å². The minimum atomic E-state index is -0.344. The molecule has 174 valence electrons. The molecule has 3 aromatic rings. The smallest absolute Gasteiger partial charge is 0.296 e. The van der Waals surface area contributed by atoms with Gasteiger partial charge in [0, 0.05) is 35.0 Å². The minimum Gasteiger partial charge on any atom is -0.466 e. The number of rotatable bonds is 11. The Bertz CT molecular complexity index is 1150. The molecular weight excluding hydrogens is 444 g/mol. The van der Waals surface area contributed by atoms with Gasteiger partial charge in [0.15, 0.2) is 12.2 Å². The van der Waals surface area contributed by atoms with E-state index in [-0.39, 0.29) is 12.3 Å². The molecule has 0 amide bonds. The van der Waals surface area contributed by atoms with Crippen LogP contribution < -0.4 is 10.4 Å². The topological polar surface area (TPSA) is 68.5 Å². The van der Waals surface area contributed by atoms with Gasteiger partial charge in [-0.3, -0.25) is 4.79 Å². The molecular formula is C25H29B2N3O3S. The molecule has 2 radical (unpaired) electrons. The summed E-state index contributed by atoms with van der Waals surface area (Å²) < 4.78 is 10.2. The predicted molar refractivity (Wildman–Crippen MR) is 141 cm³/mol. The van der Waals surface area contributed by atoms with Crippen LogP contribution in [0.1, 0.15) is 32.3 Å². The van der Waals surface area contributed by atoms with Crippen molar-refractivity contribution in [3.05, 3.63) is 48.0 Å². The van der Waals surface area contributed by atoms with E-state index in [1.54, 1.807) is 0 Å². The third kappa shape index (κ3) is 5.35. The molecule has 0 aliphatic carbocycles. The number of aromatic nitrogens is 2. The zero-order valence-corrected chi connectivity index (χ0v) is 20.6. The first-order valence-corrected chi connectivity index (χ1v) is 12.8. The summed E-state index contributed by atoms with van der Waals surface area (Å²) in [5, 5.41) is 8.71. The van der Waals surface area contributed by atoms with Crippen LogP contribution in [0.25, 0.3) is 17.1 Å². The van der Waals surface area contributed by atoms with Gasteiger partial charge < -0.3 is 9.64 Å². The number of fused-ring (bicyclic) bond motifs is 2. The Balaban J connectivity index is 1.50. The van der Waals surface area contributed by atoms with E-state index in [0.717, 1.165) is 54.5 Å². The highest BCUT2D eigenvalue weighted by atomic mass is 32.2. The fraction of sp³-hybridized carbons (Fsp3) is 0.400. The second-order valence-corrected chi connectivity index (χ2v) is 9.53.